The summed E-state index contributed by atoms with van der Waals surface area (Å²) in [6, 6.07) is 16.2. The molecule has 2 aromatic heterocycles. The molecule has 0 aliphatic carbocycles. The van der Waals surface area contributed by atoms with E-state index in [2.05, 4.69) is 52.7 Å². The van der Waals surface area contributed by atoms with Crippen molar-refractivity contribution in [2.24, 2.45) is 0 Å². The zero-order valence-corrected chi connectivity index (χ0v) is 17.7. The van der Waals surface area contributed by atoms with Gasteiger partial charge in [0.1, 0.15) is 10.8 Å². The minimum atomic E-state index is 0.588. The van der Waals surface area contributed by atoms with E-state index in [0.717, 1.165) is 33.2 Å². The highest BCUT2D eigenvalue weighted by atomic mass is 32.1. The van der Waals surface area contributed by atoms with Gasteiger partial charge in [0.2, 0.25) is 5.89 Å². The van der Waals surface area contributed by atoms with Crippen LogP contribution in [0.1, 0.15) is 11.5 Å². The molecular weight excluding hydrogens is 402 g/mol. The van der Waals surface area contributed by atoms with E-state index in [1.165, 1.54) is 0 Å². The quantitative estimate of drug-likeness (QED) is 0.296. The summed E-state index contributed by atoms with van der Waals surface area (Å²) in [6.07, 6.45) is 12.6. The summed E-state index contributed by atoms with van der Waals surface area (Å²) >= 11 is 1.63. The van der Waals surface area contributed by atoms with Crippen LogP contribution in [0.5, 0.6) is 0 Å². The summed E-state index contributed by atoms with van der Waals surface area (Å²) in [5, 5.41) is 6.45. The van der Waals surface area contributed by atoms with Crippen LogP contribution < -0.4 is 5.32 Å². The maximum Gasteiger partial charge on any atom is 0.226 e. The number of hydrogen-bond acceptors (Lipinski definition) is 5. The first-order chi connectivity index (χ1) is 15.2. The smallest absolute Gasteiger partial charge is 0.226 e. The number of hydrogen-bond donors (Lipinski definition) is 1. The number of aromatic nitrogens is 2. The van der Waals surface area contributed by atoms with Crippen molar-refractivity contribution in [2.75, 3.05) is 5.32 Å². The van der Waals surface area contributed by atoms with Gasteiger partial charge in [-0.1, -0.05) is 37.5 Å². The molecule has 0 atom stereocenters. The van der Waals surface area contributed by atoms with Gasteiger partial charge >= 0.3 is 0 Å². The van der Waals surface area contributed by atoms with Crippen LogP contribution in [0.2, 0.25) is 0 Å². The van der Waals surface area contributed by atoms with Crippen molar-refractivity contribution in [1.82, 2.24) is 9.97 Å². The standard InChI is InChI=1S/C26H21N3OS/c1-3-5-7-23-18-31-26(29-23)20-11-15-22(16-12-20)28-21-13-9-19(10-14-21)25-27-17-24(30-25)8-6-4-2/h3-18,28H,1-2H2/b7-5-,8-6-. The first-order valence-electron chi connectivity index (χ1n) is 9.72. The Hall–Kier alpha value is -3.96. The van der Waals surface area contributed by atoms with Crippen LogP contribution in [-0.4, -0.2) is 9.97 Å². The van der Waals surface area contributed by atoms with Crippen molar-refractivity contribution >= 4 is 34.9 Å². The van der Waals surface area contributed by atoms with Crippen LogP contribution in [0.4, 0.5) is 11.4 Å². The van der Waals surface area contributed by atoms with Gasteiger partial charge in [-0.2, -0.15) is 0 Å². The summed E-state index contributed by atoms with van der Waals surface area (Å²) in [5.74, 6) is 1.28. The molecule has 2 aromatic carbocycles. The SMILES string of the molecule is C=C/C=C\c1csc(-c2ccc(Nc3ccc(-c4ncc(/C=C\C=C)o4)cc3)cc2)n1. The predicted molar refractivity (Wildman–Crippen MR) is 131 cm³/mol. The summed E-state index contributed by atoms with van der Waals surface area (Å²) in [5.41, 5.74) is 4.95. The fourth-order valence-electron chi connectivity index (χ4n) is 2.88. The average molecular weight is 424 g/mol. The minimum absolute atomic E-state index is 0.588. The molecule has 0 spiro atoms. The van der Waals surface area contributed by atoms with Crippen molar-refractivity contribution in [3.8, 4) is 22.0 Å². The summed E-state index contributed by atoms with van der Waals surface area (Å²) < 4.78 is 5.73. The van der Waals surface area contributed by atoms with Crippen LogP contribution in [0.3, 0.4) is 0 Å². The topological polar surface area (TPSA) is 51.0 Å². The van der Waals surface area contributed by atoms with E-state index in [4.69, 9.17) is 4.42 Å². The fraction of sp³-hybridized carbons (Fsp3) is 0. The Morgan fingerprint density at radius 2 is 1.48 bits per heavy atom. The van der Waals surface area contributed by atoms with Gasteiger partial charge < -0.3 is 9.73 Å². The third kappa shape index (κ3) is 5.15. The van der Waals surface area contributed by atoms with Crippen molar-refractivity contribution in [1.29, 1.82) is 0 Å². The zero-order chi connectivity index (χ0) is 21.5. The Morgan fingerprint density at radius 3 is 2.16 bits per heavy atom. The molecule has 0 amide bonds. The normalized spacial score (nSPS) is 11.2. The Morgan fingerprint density at radius 1 is 0.839 bits per heavy atom. The minimum Gasteiger partial charge on any atom is -0.437 e. The molecule has 152 valence electrons. The molecule has 0 aliphatic rings. The van der Waals surface area contributed by atoms with Gasteiger partial charge in [-0.25, -0.2) is 9.97 Å². The molecule has 0 aliphatic heterocycles. The van der Waals surface area contributed by atoms with Crippen molar-refractivity contribution in [3.63, 3.8) is 0 Å². The summed E-state index contributed by atoms with van der Waals surface area (Å²) in [6.45, 7) is 7.34. The second-order valence-electron chi connectivity index (χ2n) is 6.61. The second kappa shape index (κ2) is 9.69. The van der Waals surface area contributed by atoms with Gasteiger partial charge in [0, 0.05) is 27.9 Å². The highest BCUT2D eigenvalue weighted by Crippen LogP contribution is 2.27. The summed E-state index contributed by atoms with van der Waals surface area (Å²) in [7, 11) is 0. The molecule has 2 heterocycles. The third-order valence-electron chi connectivity index (χ3n) is 4.40. The van der Waals surface area contributed by atoms with E-state index >= 15 is 0 Å². The molecule has 4 rings (SSSR count). The third-order valence-corrected chi connectivity index (χ3v) is 5.31. The van der Waals surface area contributed by atoms with Gasteiger partial charge in [-0.05, 0) is 60.7 Å². The second-order valence-corrected chi connectivity index (χ2v) is 7.47. The molecule has 0 radical (unpaired) electrons. The van der Waals surface area contributed by atoms with Crippen LogP contribution in [-0.2, 0) is 0 Å². The molecule has 0 fully saturated rings. The maximum absolute atomic E-state index is 5.73. The van der Waals surface area contributed by atoms with Gasteiger partial charge in [0.15, 0.2) is 0 Å². The number of anilines is 2. The molecule has 5 heteroatoms. The Balaban J connectivity index is 1.42. The number of rotatable bonds is 8. The first kappa shape index (κ1) is 20.3. The molecule has 0 saturated heterocycles. The largest absolute Gasteiger partial charge is 0.437 e. The first-order valence-corrected chi connectivity index (χ1v) is 10.6. The summed E-state index contributed by atoms with van der Waals surface area (Å²) in [4.78, 5) is 8.95. The highest BCUT2D eigenvalue weighted by molar-refractivity contribution is 7.13. The molecule has 4 nitrogen and oxygen atoms in total. The van der Waals surface area contributed by atoms with E-state index in [9.17, 15) is 0 Å². The fourth-order valence-corrected chi connectivity index (χ4v) is 3.67. The number of thiazole rings is 1. The molecule has 4 aromatic rings. The number of nitrogens with one attached hydrogen (secondary N) is 1. The van der Waals surface area contributed by atoms with Gasteiger partial charge in [0.25, 0.3) is 0 Å². The van der Waals surface area contributed by atoms with Gasteiger partial charge in [-0.3, -0.25) is 0 Å². The molecule has 0 unspecified atom stereocenters. The van der Waals surface area contributed by atoms with Crippen molar-refractivity contribution < 1.29 is 4.42 Å². The van der Waals surface area contributed by atoms with Gasteiger partial charge in [-0.15, -0.1) is 11.3 Å². The van der Waals surface area contributed by atoms with Crippen molar-refractivity contribution in [2.45, 2.75) is 0 Å². The molecule has 0 bridgehead atoms. The molecule has 31 heavy (non-hydrogen) atoms. The van der Waals surface area contributed by atoms with E-state index < -0.39 is 0 Å². The lowest BCUT2D eigenvalue weighted by Crippen LogP contribution is -1.90. The Bertz CT molecular complexity index is 1130. The molecular formula is C26H21N3OS. The van der Waals surface area contributed by atoms with Crippen LogP contribution >= 0.6 is 11.3 Å². The zero-order valence-electron chi connectivity index (χ0n) is 16.9. The van der Waals surface area contributed by atoms with E-state index in [1.54, 1.807) is 29.7 Å². The predicted octanol–water partition coefficient (Wildman–Crippen LogP) is 7.61. The van der Waals surface area contributed by atoms with Crippen molar-refractivity contribution in [3.05, 3.63) is 109 Å². The number of nitrogens with zero attached hydrogens (tertiary/aromatic N) is 2. The lowest BCUT2D eigenvalue weighted by molar-refractivity contribution is 0.564. The number of oxazole rings is 1. The lowest BCUT2D eigenvalue weighted by atomic mass is 10.2. The molecule has 1 N–H and O–H groups in total. The van der Waals surface area contributed by atoms with E-state index in [1.807, 2.05) is 53.9 Å². The van der Waals surface area contributed by atoms with Crippen LogP contribution in [0.15, 0.2) is 102 Å². The lowest BCUT2D eigenvalue weighted by Gasteiger charge is -2.07. The Kier molecular flexibility index (Phi) is 6.35. The van der Waals surface area contributed by atoms with E-state index in [-0.39, 0.29) is 0 Å². The highest BCUT2D eigenvalue weighted by Gasteiger charge is 2.06. The molecule has 0 saturated carbocycles. The van der Waals surface area contributed by atoms with Gasteiger partial charge in [0.05, 0.1) is 11.9 Å². The van der Waals surface area contributed by atoms with E-state index in [0.29, 0.717) is 11.7 Å². The van der Waals surface area contributed by atoms with Crippen LogP contribution in [0, 0.1) is 0 Å². The Labute approximate surface area is 185 Å². The number of benzene rings is 2. The maximum atomic E-state index is 5.73. The van der Waals surface area contributed by atoms with Crippen LogP contribution in [0.25, 0.3) is 34.2 Å². The number of allylic oxidation sites excluding steroid dienone is 4. The average Bonchev–Trinajstić information content (AvgIpc) is 3.47. The monoisotopic (exact) mass is 423 g/mol.